The van der Waals surface area contributed by atoms with Crippen LogP contribution in [0.15, 0.2) is 81.9 Å². The van der Waals surface area contributed by atoms with E-state index in [1.165, 1.54) is 0 Å². The summed E-state index contributed by atoms with van der Waals surface area (Å²) in [6.45, 7) is 3.92. The summed E-state index contributed by atoms with van der Waals surface area (Å²) >= 11 is 0. The molecule has 12 nitrogen and oxygen atoms in total. The molecule has 12 heteroatoms. The number of aliphatic carboxylic acids is 2. The zero-order chi connectivity index (χ0) is 29.9. The van der Waals surface area contributed by atoms with E-state index in [4.69, 9.17) is 28.8 Å². The molecular weight excluding hydrogens is 540 g/mol. The van der Waals surface area contributed by atoms with Crippen LogP contribution >= 0.6 is 0 Å². The number of aromatic nitrogens is 4. The van der Waals surface area contributed by atoms with E-state index in [2.05, 4.69) is 56.3 Å². The topological polar surface area (TPSA) is 159 Å². The van der Waals surface area contributed by atoms with E-state index in [0.717, 1.165) is 61.3 Å². The quantitative estimate of drug-likeness (QED) is 0.338. The lowest BCUT2D eigenvalue weighted by molar-refractivity contribution is -0.159. The third-order valence-electron chi connectivity index (χ3n) is 6.33. The molecule has 0 bridgehead atoms. The maximum absolute atomic E-state index is 9.10. The smallest absolute Gasteiger partial charge is 0.414 e. The minimum absolute atomic E-state index is 0.639. The van der Waals surface area contributed by atoms with Gasteiger partial charge in [-0.15, -0.1) is 0 Å². The molecule has 0 fully saturated rings. The normalized spacial score (nSPS) is 15.3. The Labute approximate surface area is 242 Å². The van der Waals surface area contributed by atoms with Gasteiger partial charge in [0.1, 0.15) is 0 Å². The summed E-state index contributed by atoms with van der Waals surface area (Å²) < 4.78 is 10.7. The van der Waals surface area contributed by atoms with Crippen molar-refractivity contribution in [1.82, 2.24) is 30.1 Å². The lowest BCUT2D eigenvalue weighted by atomic mass is 10.1. The third-order valence-corrected chi connectivity index (χ3v) is 6.33. The largest absolute Gasteiger partial charge is 0.473 e. The van der Waals surface area contributed by atoms with Crippen molar-refractivity contribution in [1.29, 1.82) is 0 Å². The fourth-order valence-electron chi connectivity index (χ4n) is 4.21. The molecule has 218 valence electrons. The zero-order valence-corrected chi connectivity index (χ0v) is 23.4. The summed E-state index contributed by atoms with van der Waals surface area (Å²) in [5, 5.41) is 22.9. The van der Waals surface area contributed by atoms with Gasteiger partial charge in [0.2, 0.25) is 11.6 Å². The molecule has 0 spiro atoms. The van der Waals surface area contributed by atoms with E-state index in [0.29, 0.717) is 23.4 Å². The highest BCUT2D eigenvalue weighted by molar-refractivity contribution is 6.27. The Kier molecular flexibility index (Phi) is 10.5. The first-order valence-corrected chi connectivity index (χ1v) is 13.3. The Morgan fingerprint density at radius 3 is 1.38 bits per heavy atom. The molecule has 0 saturated carbocycles. The van der Waals surface area contributed by atoms with Crippen LogP contribution in [0.5, 0.6) is 0 Å². The number of rotatable bonds is 4. The van der Waals surface area contributed by atoms with Crippen LogP contribution in [0.3, 0.4) is 0 Å². The Bertz CT molecular complexity index is 1410. The lowest BCUT2D eigenvalue weighted by Gasteiger charge is -2.20. The molecule has 2 aromatic heterocycles. The molecule has 0 atom stereocenters. The van der Waals surface area contributed by atoms with E-state index in [-0.39, 0.29) is 0 Å². The molecule has 0 amide bonds. The van der Waals surface area contributed by atoms with Crippen molar-refractivity contribution in [2.45, 2.75) is 12.8 Å². The highest BCUT2D eigenvalue weighted by Crippen LogP contribution is 2.23. The summed E-state index contributed by atoms with van der Waals surface area (Å²) in [4.78, 5) is 31.6. The second kappa shape index (κ2) is 14.6. The molecule has 6 rings (SSSR count). The number of carboxylic acids is 2. The summed E-state index contributed by atoms with van der Waals surface area (Å²) in [5.41, 5.74) is 4.21. The average Bonchev–Trinajstić information content (AvgIpc) is 3.70. The van der Waals surface area contributed by atoms with Gasteiger partial charge in [0.05, 0.1) is 0 Å². The monoisotopic (exact) mass is 572 g/mol. The number of nitrogens with zero attached hydrogens (tertiary/aromatic N) is 6. The first-order valence-electron chi connectivity index (χ1n) is 13.3. The van der Waals surface area contributed by atoms with Gasteiger partial charge >= 0.3 is 11.9 Å². The molecule has 0 aliphatic carbocycles. The third kappa shape index (κ3) is 8.53. The fourth-order valence-corrected chi connectivity index (χ4v) is 4.21. The first-order chi connectivity index (χ1) is 20.3. The molecule has 4 heterocycles. The van der Waals surface area contributed by atoms with Gasteiger partial charge in [-0.25, -0.2) is 9.59 Å². The van der Waals surface area contributed by atoms with Gasteiger partial charge in [0, 0.05) is 48.5 Å². The van der Waals surface area contributed by atoms with E-state index in [1.54, 1.807) is 0 Å². The Balaban J connectivity index is 0.000000162. The molecular formula is C30H32N6O6. The lowest BCUT2D eigenvalue weighted by Crippen LogP contribution is -2.25. The van der Waals surface area contributed by atoms with Crippen molar-refractivity contribution >= 4 is 23.1 Å². The van der Waals surface area contributed by atoms with Gasteiger partial charge in [-0.1, -0.05) is 83.1 Å². The van der Waals surface area contributed by atoms with Crippen LogP contribution in [0.2, 0.25) is 0 Å². The van der Waals surface area contributed by atoms with Gasteiger partial charge in [-0.3, -0.25) is 0 Å². The zero-order valence-electron chi connectivity index (χ0n) is 23.4. The Morgan fingerprint density at radius 1 is 0.667 bits per heavy atom. The van der Waals surface area contributed by atoms with Crippen LogP contribution in [0.4, 0.5) is 0 Å². The van der Waals surface area contributed by atoms with Crippen molar-refractivity contribution < 1.29 is 28.8 Å². The number of carbonyl (C=O) groups is 2. The van der Waals surface area contributed by atoms with E-state index in [9.17, 15) is 0 Å². The van der Waals surface area contributed by atoms with Gasteiger partial charge in [0.15, 0.2) is 0 Å². The minimum atomic E-state index is -1.82. The molecule has 2 aromatic carbocycles. The van der Waals surface area contributed by atoms with Crippen LogP contribution in [0.25, 0.3) is 33.9 Å². The summed E-state index contributed by atoms with van der Waals surface area (Å²) in [6.07, 6.45) is 6.44. The molecule has 2 aliphatic rings. The van der Waals surface area contributed by atoms with Crippen LogP contribution in [-0.2, 0) is 9.59 Å². The maximum Gasteiger partial charge on any atom is 0.414 e. The highest BCUT2D eigenvalue weighted by atomic mass is 16.5. The molecule has 0 radical (unpaired) electrons. The maximum atomic E-state index is 9.10. The number of hydrogen-bond acceptors (Lipinski definition) is 10. The van der Waals surface area contributed by atoms with Gasteiger partial charge in [-0.2, -0.15) is 9.97 Å². The molecule has 4 aromatic rings. The second-order valence-electron chi connectivity index (χ2n) is 9.70. The highest BCUT2D eigenvalue weighted by Gasteiger charge is 2.18. The average molecular weight is 573 g/mol. The molecule has 2 N–H and O–H groups in total. The number of hydrogen-bond donors (Lipinski definition) is 2. The van der Waals surface area contributed by atoms with Crippen LogP contribution < -0.4 is 0 Å². The van der Waals surface area contributed by atoms with E-state index in [1.807, 2.05) is 60.7 Å². The molecule has 0 unspecified atom stereocenters. The summed E-state index contributed by atoms with van der Waals surface area (Å²) in [6, 6.07) is 19.8. The van der Waals surface area contributed by atoms with Crippen LogP contribution in [0, 0.1) is 0 Å². The predicted molar refractivity (Wildman–Crippen MR) is 155 cm³/mol. The first kappa shape index (κ1) is 30.0. The van der Waals surface area contributed by atoms with Crippen molar-refractivity contribution in [3.8, 4) is 22.8 Å². The number of carboxylic acid groups (broad SMARTS) is 2. The Hall–Kier alpha value is -4.94. The standard InChI is InChI=1S/2C14H15N3O.C2H2O4/c2*1-17-9-5-8-12(10-17)14-15-13(16-18-14)11-6-3-2-4-7-11;3-1(4)2(5)6/h2*2-4,6-8H,5,9-10H2,1H3;(H,3,4)(H,5,6). The van der Waals surface area contributed by atoms with Crippen molar-refractivity contribution in [3.05, 3.63) is 84.6 Å². The SMILES string of the molecule is CN1CCC=C(c2nc(-c3ccccc3)no2)C1.CN1CCC=C(c2nc(-c3ccccc3)no2)C1.O=C(O)C(=O)O. The van der Waals surface area contributed by atoms with Crippen molar-refractivity contribution in [2.75, 3.05) is 40.3 Å². The summed E-state index contributed by atoms with van der Waals surface area (Å²) in [7, 11) is 4.20. The van der Waals surface area contributed by atoms with Crippen LogP contribution in [0.1, 0.15) is 24.6 Å². The number of likely N-dealkylation sites (N-methyl/N-ethyl adjacent to an activating group) is 2. The summed E-state index contributed by atoms with van der Waals surface area (Å²) in [5.74, 6) is -1.06. The van der Waals surface area contributed by atoms with Gasteiger partial charge < -0.3 is 29.1 Å². The van der Waals surface area contributed by atoms with Crippen LogP contribution in [-0.4, -0.2) is 92.5 Å². The van der Waals surface area contributed by atoms with Crippen molar-refractivity contribution in [2.24, 2.45) is 0 Å². The fraction of sp³-hybridized carbons (Fsp3) is 0.267. The molecule has 2 aliphatic heterocycles. The van der Waals surface area contributed by atoms with E-state index >= 15 is 0 Å². The molecule has 0 saturated heterocycles. The number of benzene rings is 2. The van der Waals surface area contributed by atoms with E-state index < -0.39 is 11.9 Å². The predicted octanol–water partition coefficient (Wildman–Crippen LogP) is 4.07. The van der Waals surface area contributed by atoms with Crippen molar-refractivity contribution in [3.63, 3.8) is 0 Å². The Morgan fingerprint density at radius 2 is 1.05 bits per heavy atom. The van der Waals surface area contributed by atoms with Gasteiger partial charge in [-0.05, 0) is 26.9 Å². The van der Waals surface area contributed by atoms with Gasteiger partial charge in [0.25, 0.3) is 11.8 Å². The second-order valence-corrected chi connectivity index (χ2v) is 9.70. The molecule has 42 heavy (non-hydrogen) atoms. The minimum Gasteiger partial charge on any atom is -0.473 e.